The van der Waals surface area contributed by atoms with Crippen LogP contribution in [-0.2, 0) is 0 Å². The highest BCUT2D eigenvalue weighted by atomic mass is 16.5. The van der Waals surface area contributed by atoms with Crippen LogP contribution in [0.4, 0.5) is 0 Å². The van der Waals surface area contributed by atoms with Crippen LogP contribution in [0.15, 0.2) is 54.6 Å². The first kappa shape index (κ1) is 16.8. The Kier molecular flexibility index (Phi) is 5.37. The Morgan fingerprint density at radius 1 is 0.917 bits per heavy atom. The quantitative estimate of drug-likeness (QED) is 0.545. The van der Waals surface area contributed by atoms with Gasteiger partial charge in [0, 0.05) is 6.42 Å². The summed E-state index contributed by atoms with van der Waals surface area (Å²) in [6.07, 6.45) is 5.80. The first-order chi connectivity index (χ1) is 11.7. The number of likely N-dealkylation sites (N-methyl/N-ethyl adjacent to an activating group) is 1. The Morgan fingerprint density at radius 2 is 1.54 bits per heavy atom. The molecule has 0 spiro atoms. The topological polar surface area (TPSA) is 9.23 Å². The molecular weight excluding hydrogens is 294 g/mol. The van der Waals surface area contributed by atoms with Crippen molar-refractivity contribution in [2.45, 2.75) is 26.4 Å². The second kappa shape index (κ2) is 7.67. The molecule has 0 N–H and O–H groups in total. The summed E-state index contributed by atoms with van der Waals surface area (Å²) in [5.41, 5.74) is 2.42. The van der Waals surface area contributed by atoms with Gasteiger partial charge in [0.05, 0.1) is 19.6 Å². The summed E-state index contributed by atoms with van der Waals surface area (Å²) >= 11 is 0. The van der Waals surface area contributed by atoms with Gasteiger partial charge >= 0.3 is 0 Å². The minimum Gasteiger partial charge on any atom is -0.484 e. The van der Waals surface area contributed by atoms with Crippen LogP contribution < -0.4 is 4.74 Å². The van der Waals surface area contributed by atoms with E-state index in [2.05, 4.69) is 74.5 Å². The zero-order chi connectivity index (χ0) is 16.8. The van der Waals surface area contributed by atoms with Crippen molar-refractivity contribution in [2.24, 2.45) is 0 Å². The number of likely N-dealkylation sites (tertiary alicyclic amines) is 1. The summed E-state index contributed by atoms with van der Waals surface area (Å²) in [6, 6.07) is 18.8. The minimum absolute atomic E-state index is 0.357. The zero-order valence-electron chi connectivity index (χ0n) is 14.8. The van der Waals surface area contributed by atoms with Crippen molar-refractivity contribution in [3.63, 3.8) is 0 Å². The molecule has 3 rings (SSSR count). The molecule has 1 aliphatic rings. The van der Waals surface area contributed by atoms with Gasteiger partial charge in [-0.25, -0.2) is 0 Å². The highest BCUT2D eigenvalue weighted by Crippen LogP contribution is 2.24. The third kappa shape index (κ3) is 4.07. The van der Waals surface area contributed by atoms with Crippen molar-refractivity contribution in [2.75, 3.05) is 26.2 Å². The number of rotatable bonds is 6. The van der Waals surface area contributed by atoms with Crippen LogP contribution in [0.1, 0.15) is 31.4 Å². The van der Waals surface area contributed by atoms with E-state index < -0.39 is 0 Å². The Hall–Kier alpha value is -2.06. The van der Waals surface area contributed by atoms with Gasteiger partial charge in [-0.3, -0.25) is 0 Å². The number of hydrogen-bond donors (Lipinski definition) is 0. The number of nitrogens with zero attached hydrogens (tertiary/aromatic N) is 1. The maximum atomic E-state index is 6.21. The Labute approximate surface area is 146 Å². The normalized spacial score (nSPS) is 19.7. The third-order valence-corrected chi connectivity index (χ3v) is 5.31. The SMILES string of the molecule is CC[N+]1(CC)CC[C@@H](Oc2ccc(/C=C/c3ccccc3)cc2)C1. The molecule has 24 heavy (non-hydrogen) atoms. The van der Waals surface area contributed by atoms with E-state index >= 15 is 0 Å². The van der Waals surface area contributed by atoms with Crippen LogP contribution in [0.25, 0.3) is 12.2 Å². The van der Waals surface area contributed by atoms with Crippen LogP contribution in [0, 0.1) is 0 Å². The molecule has 2 aromatic carbocycles. The standard InChI is InChI=1S/C22H28NO/c1-3-23(4-2)17-16-22(18-23)24-21-14-12-20(13-15-21)11-10-19-8-6-5-7-9-19/h5-15,22H,3-4,16-18H2,1-2H3/q+1/b11-10+/t22-/m1/s1. The van der Waals surface area contributed by atoms with Crippen LogP contribution in [-0.4, -0.2) is 36.8 Å². The summed E-state index contributed by atoms with van der Waals surface area (Å²) in [5.74, 6) is 0.990. The lowest BCUT2D eigenvalue weighted by molar-refractivity contribution is -0.914. The second-order valence-electron chi connectivity index (χ2n) is 6.72. The molecule has 0 amide bonds. The summed E-state index contributed by atoms with van der Waals surface area (Å²) in [6.45, 7) is 9.39. The van der Waals surface area contributed by atoms with Crippen molar-refractivity contribution in [3.8, 4) is 5.75 Å². The van der Waals surface area contributed by atoms with Crippen molar-refractivity contribution in [1.82, 2.24) is 0 Å². The smallest absolute Gasteiger partial charge is 0.153 e. The molecule has 0 unspecified atom stereocenters. The molecule has 126 valence electrons. The molecule has 0 aromatic heterocycles. The van der Waals surface area contributed by atoms with E-state index in [9.17, 15) is 0 Å². The van der Waals surface area contributed by atoms with Crippen molar-refractivity contribution in [1.29, 1.82) is 0 Å². The van der Waals surface area contributed by atoms with E-state index in [4.69, 9.17) is 4.74 Å². The van der Waals surface area contributed by atoms with Gasteiger partial charge < -0.3 is 9.22 Å². The van der Waals surface area contributed by atoms with E-state index in [0.717, 1.165) is 18.7 Å². The summed E-state index contributed by atoms with van der Waals surface area (Å²) < 4.78 is 7.41. The third-order valence-electron chi connectivity index (χ3n) is 5.31. The molecule has 0 radical (unpaired) electrons. The van der Waals surface area contributed by atoms with Gasteiger partial charge in [0.15, 0.2) is 6.10 Å². The molecule has 0 saturated carbocycles. The first-order valence-electron chi connectivity index (χ1n) is 9.08. The predicted octanol–water partition coefficient (Wildman–Crippen LogP) is 4.86. The van der Waals surface area contributed by atoms with Crippen LogP contribution >= 0.6 is 0 Å². The monoisotopic (exact) mass is 322 g/mol. The van der Waals surface area contributed by atoms with Gasteiger partial charge in [0.2, 0.25) is 0 Å². The average Bonchev–Trinajstić information content (AvgIpc) is 3.06. The Bertz CT molecular complexity index is 656. The molecule has 1 atom stereocenters. The van der Waals surface area contributed by atoms with Crippen LogP contribution in [0.5, 0.6) is 5.75 Å². The fourth-order valence-electron chi connectivity index (χ4n) is 3.53. The lowest BCUT2D eigenvalue weighted by Crippen LogP contribution is -2.46. The van der Waals surface area contributed by atoms with Crippen molar-refractivity contribution < 1.29 is 9.22 Å². The summed E-state index contributed by atoms with van der Waals surface area (Å²) in [5, 5.41) is 0. The van der Waals surface area contributed by atoms with Crippen LogP contribution in [0.3, 0.4) is 0 Å². The van der Waals surface area contributed by atoms with E-state index in [0.29, 0.717) is 6.10 Å². The van der Waals surface area contributed by atoms with Crippen molar-refractivity contribution >= 4 is 12.2 Å². The van der Waals surface area contributed by atoms with E-state index in [1.807, 2.05) is 6.07 Å². The van der Waals surface area contributed by atoms with Gasteiger partial charge in [-0.15, -0.1) is 0 Å². The molecule has 1 saturated heterocycles. The molecule has 0 aliphatic carbocycles. The molecule has 2 heteroatoms. The second-order valence-corrected chi connectivity index (χ2v) is 6.72. The minimum atomic E-state index is 0.357. The number of benzene rings is 2. The van der Waals surface area contributed by atoms with Gasteiger partial charge in [0.1, 0.15) is 12.3 Å². The van der Waals surface area contributed by atoms with E-state index in [-0.39, 0.29) is 0 Å². The maximum absolute atomic E-state index is 6.21. The Morgan fingerprint density at radius 3 is 2.12 bits per heavy atom. The van der Waals surface area contributed by atoms with E-state index in [1.54, 1.807) is 0 Å². The molecule has 1 aliphatic heterocycles. The molecule has 1 fully saturated rings. The van der Waals surface area contributed by atoms with Gasteiger partial charge in [-0.05, 0) is 37.1 Å². The fraction of sp³-hybridized carbons (Fsp3) is 0.364. The lowest BCUT2D eigenvalue weighted by Gasteiger charge is -2.31. The summed E-state index contributed by atoms with van der Waals surface area (Å²) in [4.78, 5) is 0. The molecule has 0 bridgehead atoms. The highest BCUT2D eigenvalue weighted by Gasteiger charge is 2.36. The predicted molar refractivity (Wildman–Crippen MR) is 102 cm³/mol. The molecule has 2 nitrogen and oxygen atoms in total. The average molecular weight is 322 g/mol. The zero-order valence-corrected chi connectivity index (χ0v) is 14.8. The summed E-state index contributed by atoms with van der Waals surface area (Å²) in [7, 11) is 0. The maximum Gasteiger partial charge on any atom is 0.153 e. The molecule has 1 heterocycles. The van der Waals surface area contributed by atoms with Crippen LogP contribution in [0.2, 0.25) is 0 Å². The van der Waals surface area contributed by atoms with Gasteiger partial charge in [-0.1, -0.05) is 54.6 Å². The number of quaternary nitrogens is 1. The Balaban J connectivity index is 1.58. The van der Waals surface area contributed by atoms with Gasteiger partial charge in [0.25, 0.3) is 0 Å². The van der Waals surface area contributed by atoms with Crippen molar-refractivity contribution in [3.05, 3.63) is 65.7 Å². The lowest BCUT2D eigenvalue weighted by atomic mass is 10.1. The fourth-order valence-corrected chi connectivity index (χ4v) is 3.53. The largest absolute Gasteiger partial charge is 0.484 e. The first-order valence-corrected chi connectivity index (χ1v) is 9.08. The molecular formula is C22H28NO+. The van der Waals surface area contributed by atoms with Gasteiger partial charge in [-0.2, -0.15) is 0 Å². The number of hydrogen-bond acceptors (Lipinski definition) is 1. The highest BCUT2D eigenvalue weighted by molar-refractivity contribution is 5.69. The molecule has 2 aromatic rings. The van der Waals surface area contributed by atoms with E-state index in [1.165, 1.54) is 35.2 Å². The number of ether oxygens (including phenoxy) is 1.